The summed E-state index contributed by atoms with van der Waals surface area (Å²) in [6.45, 7) is 5.27. The standard InChI is InChI=1S/C12H25N3O3/c1-4-18-10-9-15(7-5-11(16)13-2)8-6-12(17)14-3/h4-10H2,1-3H3,(H,13,16)(H,14,17). The molecule has 106 valence electrons. The van der Waals surface area contributed by atoms with Gasteiger partial charge < -0.3 is 20.3 Å². The van der Waals surface area contributed by atoms with Crippen LogP contribution in [-0.2, 0) is 14.3 Å². The molecular weight excluding hydrogens is 234 g/mol. The lowest BCUT2D eigenvalue weighted by atomic mass is 10.3. The molecular formula is C12H25N3O3. The van der Waals surface area contributed by atoms with Gasteiger partial charge in [0.25, 0.3) is 0 Å². The average Bonchev–Trinajstić information content (AvgIpc) is 2.40. The van der Waals surface area contributed by atoms with Crippen molar-refractivity contribution in [1.82, 2.24) is 15.5 Å². The van der Waals surface area contributed by atoms with Crippen LogP contribution >= 0.6 is 0 Å². The smallest absolute Gasteiger partial charge is 0.221 e. The predicted octanol–water partition coefficient (Wildman–Crippen LogP) is -0.403. The summed E-state index contributed by atoms with van der Waals surface area (Å²) in [4.78, 5) is 24.5. The van der Waals surface area contributed by atoms with Crippen LogP contribution in [0.1, 0.15) is 19.8 Å². The van der Waals surface area contributed by atoms with E-state index < -0.39 is 0 Å². The molecule has 0 fully saturated rings. The van der Waals surface area contributed by atoms with Crippen LogP contribution in [0.2, 0.25) is 0 Å². The fourth-order valence-electron chi connectivity index (χ4n) is 1.44. The third kappa shape index (κ3) is 8.95. The molecule has 0 aliphatic carbocycles. The Morgan fingerprint density at radius 2 is 1.50 bits per heavy atom. The number of carbonyl (C=O) groups excluding carboxylic acids is 2. The van der Waals surface area contributed by atoms with Gasteiger partial charge in [-0.1, -0.05) is 0 Å². The van der Waals surface area contributed by atoms with Crippen molar-refractivity contribution in [3.63, 3.8) is 0 Å². The number of rotatable bonds is 10. The minimum atomic E-state index is 0.0105. The second-order valence-electron chi connectivity index (χ2n) is 3.88. The molecule has 0 aliphatic rings. The van der Waals surface area contributed by atoms with Gasteiger partial charge in [0.2, 0.25) is 11.8 Å². The molecule has 18 heavy (non-hydrogen) atoms. The van der Waals surface area contributed by atoms with E-state index >= 15 is 0 Å². The molecule has 0 aromatic heterocycles. The minimum Gasteiger partial charge on any atom is -0.380 e. The molecule has 0 bridgehead atoms. The molecule has 0 unspecified atom stereocenters. The molecule has 0 heterocycles. The van der Waals surface area contributed by atoms with Gasteiger partial charge in [-0.15, -0.1) is 0 Å². The zero-order valence-electron chi connectivity index (χ0n) is 11.6. The van der Waals surface area contributed by atoms with E-state index in [0.29, 0.717) is 39.1 Å². The zero-order valence-corrected chi connectivity index (χ0v) is 11.6. The van der Waals surface area contributed by atoms with Gasteiger partial charge in [0.05, 0.1) is 6.61 Å². The number of hydrogen-bond donors (Lipinski definition) is 2. The van der Waals surface area contributed by atoms with Gasteiger partial charge in [0, 0.05) is 53.2 Å². The van der Waals surface area contributed by atoms with Crippen molar-refractivity contribution < 1.29 is 14.3 Å². The quantitative estimate of drug-likeness (QED) is 0.524. The molecule has 0 aliphatic heterocycles. The summed E-state index contributed by atoms with van der Waals surface area (Å²) in [5.41, 5.74) is 0. The summed E-state index contributed by atoms with van der Waals surface area (Å²) in [5.74, 6) is 0.0210. The van der Waals surface area contributed by atoms with E-state index in [1.807, 2.05) is 6.92 Å². The fraction of sp³-hybridized carbons (Fsp3) is 0.833. The Kier molecular flexibility index (Phi) is 10.3. The molecule has 0 saturated heterocycles. The first-order valence-electron chi connectivity index (χ1n) is 6.35. The van der Waals surface area contributed by atoms with Gasteiger partial charge in [-0.2, -0.15) is 0 Å². The molecule has 0 saturated carbocycles. The van der Waals surface area contributed by atoms with Gasteiger partial charge >= 0.3 is 0 Å². The van der Waals surface area contributed by atoms with Gasteiger partial charge in [0.1, 0.15) is 0 Å². The molecule has 2 N–H and O–H groups in total. The van der Waals surface area contributed by atoms with Gasteiger partial charge in [-0.25, -0.2) is 0 Å². The highest BCUT2D eigenvalue weighted by Gasteiger charge is 2.09. The lowest BCUT2D eigenvalue weighted by molar-refractivity contribution is -0.121. The van der Waals surface area contributed by atoms with Gasteiger partial charge in [0.15, 0.2) is 0 Å². The van der Waals surface area contributed by atoms with E-state index in [9.17, 15) is 9.59 Å². The molecule has 6 nitrogen and oxygen atoms in total. The monoisotopic (exact) mass is 259 g/mol. The third-order valence-corrected chi connectivity index (χ3v) is 2.62. The Balaban J connectivity index is 3.98. The molecule has 6 heteroatoms. The molecule has 0 atom stereocenters. The van der Waals surface area contributed by atoms with Crippen molar-refractivity contribution in [3.8, 4) is 0 Å². The van der Waals surface area contributed by atoms with Crippen molar-refractivity contribution in [3.05, 3.63) is 0 Å². The SMILES string of the molecule is CCOCCN(CCC(=O)NC)CCC(=O)NC. The van der Waals surface area contributed by atoms with E-state index in [-0.39, 0.29) is 11.8 Å². The first-order chi connectivity index (χ1) is 8.63. The molecule has 0 radical (unpaired) electrons. The van der Waals surface area contributed by atoms with Crippen LogP contribution < -0.4 is 10.6 Å². The summed E-state index contributed by atoms with van der Waals surface area (Å²) in [6.07, 6.45) is 0.882. The van der Waals surface area contributed by atoms with Crippen molar-refractivity contribution in [2.24, 2.45) is 0 Å². The molecule has 0 spiro atoms. The second kappa shape index (κ2) is 11.0. The molecule has 0 aromatic carbocycles. The highest BCUT2D eigenvalue weighted by atomic mass is 16.5. The summed E-state index contributed by atoms with van der Waals surface area (Å²) in [5, 5.41) is 5.18. The molecule has 0 aromatic rings. The van der Waals surface area contributed by atoms with Crippen LogP contribution in [0.4, 0.5) is 0 Å². The normalized spacial score (nSPS) is 10.4. The predicted molar refractivity (Wildman–Crippen MR) is 70.3 cm³/mol. The minimum absolute atomic E-state index is 0.0105. The van der Waals surface area contributed by atoms with Crippen LogP contribution in [-0.4, -0.2) is 63.7 Å². The Morgan fingerprint density at radius 3 is 1.89 bits per heavy atom. The average molecular weight is 259 g/mol. The first-order valence-corrected chi connectivity index (χ1v) is 6.35. The van der Waals surface area contributed by atoms with Crippen molar-refractivity contribution in [2.75, 3.05) is 46.9 Å². The van der Waals surface area contributed by atoms with Crippen molar-refractivity contribution in [2.45, 2.75) is 19.8 Å². The number of nitrogens with zero attached hydrogens (tertiary/aromatic N) is 1. The number of carbonyl (C=O) groups is 2. The van der Waals surface area contributed by atoms with E-state index in [0.717, 1.165) is 6.54 Å². The largest absolute Gasteiger partial charge is 0.380 e. The van der Waals surface area contributed by atoms with Crippen molar-refractivity contribution in [1.29, 1.82) is 0 Å². The lowest BCUT2D eigenvalue weighted by Crippen LogP contribution is -2.35. The Bertz CT molecular complexity index is 227. The number of ether oxygens (including phenoxy) is 1. The Labute approximate surface area is 109 Å². The van der Waals surface area contributed by atoms with Crippen LogP contribution in [0.3, 0.4) is 0 Å². The summed E-state index contributed by atoms with van der Waals surface area (Å²) >= 11 is 0. The van der Waals surface area contributed by atoms with Crippen LogP contribution in [0.25, 0.3) is 0 Å². The second-order valence-corrected chi connectivity index (χ2v) is 3.88. The van der Waals surface area contributed by atoms with E-state index in [1.165, 1.54) is 0 Å². The maximum Gasteiger partial charge on any atom is 0.221 e. The summed E-state index contributed by atoms with van der Waals surface area (Å²) in [6, 6.07) is 0. The maximum atomic E-state index is 11.2. The summed E-state index contributed by atoms with van der Waals surface area (Å²) < 4.78 is 5.29. The highest BCUT2D eigenvalue weighted by molar-refractivity contribution is 5.76. The summed E-state index contributed by atoms with van der Waals surface area (Å²) in [7, 11) is 3.24. The number of nitrogens with one attached hydrogen (secondary N) is 2. The van der Waals surface area contributed by atoms with E-state index in [4.69, 9.17) is 4.74 Å². The number of amides is 2. The topological polar surface area (TPSA) is 70.7 Å². The highest BCUT2D eigenvalue weighted by Crippen LogP contribution is 1.95. The van der Waals surface area contributed by atoms with Crippen LogP contribution in [0.15, 0.2) is 0 Å². The molecule has 0 rings (SSSR count). The van der Waals surface area contributed by atoms with Crippen molar-refractivity contribution >= 4 is 11.8 Å². The lowest BCUT2D eigenvalue weighted by Gasteiger charge is -2.21. The Morgan fingerprint density at radius 1 is 1.00 bits per heavy atom. The molecule has 2 amide bonds. The van der Waals surface area contributed by atoms with E-state index in [2.05, 4.69) is 15.5 Å². The number of hydrogen-bond acceptors (Lipinski definition) is 4. The van der Waals surface area contributed by atoms with Gasteiger partial charge in [-0.3, -0.25) is 9.59 Å². The maximum absolute atomic E-state index is 11.2. The zero-order chi connectivity index (χ0) is 13.8. The van der Waals surface area contributed by atoms with Crippen LogP contribution in [0.5, 0.6) is 0 Å². The van der Waals surface area contributed by atoms with Gasteiger partial charge in [-0.05, 0) is 6.92 Å². The fourth-order valence-corrected chi connectivity index (χ4v) is 1.44. The van der Waals surface area contributed by atoms with E-state index in [1.54, 1.807) is 14.1 Å². The Hall–Kier alpha value is -1.14. The third-order valence-electron chi connectivity index (χ3n) is 2.62. The first kappa shape index (κ1) is 16.9. The van der Waals surface area contributed by atoms with Crippen LogP contribution in [0, 0.1) is 0 Å².